The molecule has 0 spiro atoms. The third-order valence-electron chi connectivity index (χ3n) is 4.00. The van der Waals surface area contributed by atoms with Gasteiger partial charge in [-0.25, -0.2) is 4.79 Å². The average Bonchev–Trinajstić information content (AvgIpc) is 2.43. The van der Waals surface area contributed by atoms with Gasteiger partial charge in [0.1, 0.15) is 6.04 Å². The van der Waals surface area contributed by atoms with Gasteiger partial charge in [-0.15, -0.1) is 0 Å². The Morgan fingerprint density at radius 2 is 2.05 bits per heavy atom. The fraction of sp³-hybridized carbons (Fsp3) is 0.786. The predicted molar refractivity (Wildman–Crippen MR) is 83.5 cm³/mol. The number of amides is 1. The van der Waals surface area contributed by atoms with Gasteiger partial charge >= 0.3 is 11.9 Å². The number of ether oxygens (including phenoxy) is 1. The molecule has 4 N–H and O–H groups in total. The summed E-state index contributed by atoms with van der Waals surface area (Å²) in [4.78, 5) is 34.2. The van der Waals surface area contributed by atoms with Crippen molar-refractivity contribution < 1.29 is 24.2 Å². The van der Waals surface area contributed by atoms with Crippen LogP contribution in [0.3, 0.4) is 0 Å². The van der Waals surface area contributed by atoms with Gasteiger partial charge in [-0.2, -0.15) is 11.8 Å². The summed E-state index contributed by atoms with van der Waals surface area (Å²) in [7, 11) is 1.25. The van der Waals surface area contributed by atoms with Crippen LogP contribution >= 0.6 is 11.8 Å². The first-order valence-corrected chi connectivity index (χ1v) is 8.31. The third kappa shape index (κ3) is 5.17. The highest BCUT2D eigenvalue weighted by molar-refractivity contribution is 8.00. The number of methoxy groups -OCH3 is 1. The zero-order chi connectivity index (χ0) is 16.8. The summed E-state index contributed by atoms with van der Waals surface area (Å²) in [5.41, 5.74) is 5.50. The van der Waals surface area contributed by atoms with Gasteiger partial charge in [-0.3, -0.25) is 9.59 Å². The molecule has 0 aromatic rings. The quantitative estimate of drug-likeness (QED) is 0.526. The van der Waals surface area contributed by atoms with Crippen molar-refractivity contribution in [1.82, 2.24) is 5.32 Å². The predicted octanol–water partition coefficient (Wildman–Crippen LogP) is 0.512. The van der Waals surface area contributed by atoms with Gasteiger partial charge in [0.05, 0.1) is 19.6 Å². The molecule has 0 unspecified atom stereocenters. The van der Waals surface area contributed by atoms with Gasteiger partial charge in [0.2, 0.25) is 5.91 Å². The van der Waals surface area contributed by atoms with Gasteiger partial charge < -0.3 is 20.9 Å². The minimum atomic E-state index is -1.18. The molecule has 1 fully saturated rings. The maximum absolute atomic E-state index is 11.9. The van der Waals surface area contributed by atoms with Crippen LogP contribution in [0.4, 0.5) is 0 Å². The molecule has 22 heavy (non-hydrogen) atoms. The molecule has 0 bridgehead atoms. The van der Waals surface area contributed by atoms with Crippen molar-refractivity contribution in [1.29, 1.82) is 0 Å². The molecule has 0 saturated heterocycles. The molecule has 0 aromatic heterocycles. The molecular weight excluding hydrogens is 308 g/mol. The number of carbonyl (C=O) groups is 3. The molecular formula is C14H24N2O5S. The van der Waals surface area contributed by atoms with Crippen molar-refractivity contribution in [2.75, 3.05) is 12.9 Å². The zero-order valence-corrected chi connectivity index (χ0v) is 13.8. The first-order valence-electron chi connectivity index (χ1n) is 7.33. The second-order valence-electron chi connectivity index (χ2n) is 5.49. The van der Waals surface area contributed by atoms with Crippen molar-refractivity contribution in [2.24, 2.45) is 5.73 Å². The highest BCUT2D eigenvalue weighted by Gasteiger charge is 2.37. The van der Waals surface area contributed by atoms with E-state index in [1.807, 2.05) is 0 Å². The molecule has 1 rings (SSSR count). The minimum absolute atomic E-state index is 0.181. The molecule has 0 aromatic carbocycles. The summed E-state index contributed by atoms with van der Waals surface area (Å²) in [6, 6.07) is -2.00. The number of esters is 1. The fourth-order valence-corrected chi connectivity index (χ4v) is 3.82. The van der Waals surface area contributed by atoms with E-state index in [9.17, 15) is 14.4 Å². The average molecular weight is 332 g/mol. The van der Waals surface area contributed by atoms with E-state index in [2.05, 4.69) is 12.2 Å². The van der Waals surface area contributed by atoms with E-state index in [1.54, 1.807) is 11.8 Å². The van der Waals surface area contributed by atoms with Crippen LogP contribution in [0.25, 0.3) is 0 Å². The topological polar surface area (TPSA) is 119 Å². The molecule has 8 heteroatoms. The van der Waals surface area contributed by atoms with Crippen LogP contribution in [-0.4, -0.2) is 52.6 Å². The van der Waals surface area contributed by atoms with Crippen molar-refractivity contribution in [2.45, 2.75) is 55.9 Å². The standard InChI is InChI=1S/C14H24N2O5S/c1-3-14(5-4-6-14)22-8-10(13(20)21-2)16-12(19)9(15)7-11(17)18/h9-10H,3-8,15H2,1-2H3,(H,16,19)(H,17,18)/t9-,10-/m0/s1. The maximum atomic E-state index is 11.9. The Labute approximate surface area is 134 Å². The zero-order valence-electron chi connectivity index (χ0n) is 13.0. The molecule has 0 heterocycles. The molecule has 0 aliphatic heterocycles. The smallest absolute Gasteiger partial charge is 0.329 e. The Morgan fingerprint density at radius 3 is 2.45 bits per heavy atom. The number of carboxylic acid groups (broad SMARTS) is 1. The summed E-state index contributed by atoms with van der Waals surface area (Å²) in [6.45, 7) is 2.11. The molecule has 7 nitrogen and oxygen atoms in total. The molecule has 1 amide bonds. The Bertz CT molecular complexity index is 420. The van der Waals surface area contributed by atoms with Crippen LogP contribution in [0, 0.1) is 0 Å². The first kappa shape index (κ1) is 18.8. The number of aliphatic carboxylic acids is 1. The molecule has 126 valence electrons. The lowest BCUT2D eigenvalue weighted by molar-refractivity contribution is -0.144. The van der Waals surface area contributed by atoms with Crippen molar-refractivity contribution in [3.63, 3.8) is 0 Å². The van der Waals surface area contributed by atoms with Crippen LogP contribution < -0.4 is 11.1 Å². The highest BCUT2D eigenvalue weighted by atomic mass is 32.2. The number of carbonyl (C=O) groups excluding carboxylic acids is 2. The van der Waals surface area contributed by atoms with Gasteiger partial charge in [0.25, 0.3) is 0 Å². The molecule has 0 radical (unpaired) electrons. The Balaban J connectivity index is 2.58. The maximum Gasteiger partial charge on any atom is 0.329 e. The van der Waals surface area contributed by atoms with Crippen LogP contribution in [0.5, 0.6) is 0 Å². The van der Waals surface area contributed by atoms with E-state index in [-0.39, 0.29) is 4.75 Å². The number of thioether (sulfide) groups is 1. The molecule has 1 aliphatic carbocycles. The summed E-state index contributed by atoms with van der Waals surface area (Å²) in [6.07, 6.45) is 3.92. The summed E-state index contributed by atoms with van der Waals surface area (Å²) < 4.78 is 4.88. The lowest BCUT2D eigenvalue weighted by atomic mass is 9.82. The number of carboxylic acids is 1. The van der Waals surface area contributed by atoms with E-state index in [0.717, 1.165) is 19.3 Å². The van der Waals surface area contributed by atoms with Crippen LogP contribution in [0.2, 0.25) is 0 Å². The number of nitrogens with two attached hydrogens (primary N) is 1. The lowest BCUT2D eigenvalue weighted by Crippen LogP contribution is -2.51. The molecule has 1 saturated carbocycles. The van der Waals surface area contributed by atoms with E-state index >= 15 is 0 Å². The van der Waals surface area contributed by atoms with Crippen molar-refractivity contribution >= 4 is 29.6 Å². The Hall–Kier alpha value is -1.28. The normalized spacial score (nSPS) is 18.7. The SMILES string of the molecule is CCC1(SC[C@H](NC(=O)[C@@H](N)CC(=O)O)C(=O)OC)CCC1. The lowest BCUT2D eigenvalue weighted by Gasteiger charge is -2.41. The van der Waals surface area contributed by atoms with Gasteiger partial charge in [-0.1, -0.05) is 13.3 Å². The third-order valence-corrected chi connectivity index (χ3v) is 5.81. The number of hydrogen-bond acceptors (Lipinski definition) is 6. The Kier molecular flexibility index (Phi) is 7.15. The Morgan fingerprint density at radius 1 is 1.41 bits per heavy atom. The van der Waals surface area contributed by atoms with E-state index in [0.29, 0.717) is 5.75 Å². The van der Waals surface area contributed by atoms with Crippen LogP contribution in [0.15, 0.2) is 0 Å². The van der Waals surface area contributed by atoms with Gasteiger partial charge in [0, 0.05) is 10.5 Å². The first-order chi connectivity index (χ1) is 10.3. The largest absolute Gasteiger partial charge is 0.481 e. The van der Waals surface area contributed by atoms with E-state index in [1.165, 1.54) is 13.5 Å². The second-order valence-corrected chi connectivity index (χ2v) is 6.98. The molecule has 2 atom stereocenters. The highest BCUT2D eigenvalue weighted by Crippen LogP contribution is 2.46. The van der Waals surface area contributed by atoms with Crippen LogP contribution in [0.1, 0.15) is 39.0 Å². The number of rotatable bonds is 9. The van der Waals surface area contributed by atoms with Gasteiger partial charge in [-0.05, 0) is 19.3 Å². The number of hydrogen-bond donors (Lipinski definition) is 3. The monoisotopic (exact) mass is 332 g/mol. The minimum Gasteiger partial charge on any atom is -0.481 e. The van der Waals surface area contributed by atoms with E-state index in [4.69, 9.17) is 15.6 Å². The van der Waals surface area contributed by atoms with Crippen LogP contribution in [-0.2, 0) is 19.1 Å². The second kappa shape index (κ2) is 8.38. The molecule has 1 aliphatic rings. The van der Waals surface area contributed by atoms with Crippen molar-refractivity contribution in [3.8, 4) is 0 Å². The summed E-state index contributed by atoms with van der Waals surface area (Å²) >= 11 is 1.66. The van der Waals surface area contributed by atoms with Gasteiger partial charge in [0.15, 0.2) is 0 Å². The summed E-state index contributed by atoms with van der Waals surface area (Å²) in [5.74, 6) is -1.97. The number of nitrogens with one attached hydrogen (secondary N) is 1. The fourth-order valence-electron chi connectivity index (χ4n) is 2.30. The summed E-state index contributed by atoms with van der Waals surface area (Å²) in [5, 5.41) is 11.1. The van der Waals surface area contributed by atoms with Crippen molar-refractivity contribution in [3.05, 3.63) is 0 Å². The van der Waals surface area contributed by atoms with E-state index < -0.39 is 36.4 Å².